The predicted octanol–water partition coefficient (Wildman–Crippen LogP) is 3.27. The molecule has 3 N–H and O–H groups in total. The number of rotatable bonds is 1. The average molecular weight is 294 g/mol. The van der Waals surface area contributed by atoms with Gasteiger partial charge in [0.05, 0.1) is 11.9 Å². The molecule has 108 valence electrons. The van der Waals surface area contributed by atoms with Gasteiger partial charge >= 0.3 is 0 Å². The zero-order valence-electron chi connectivity index (χ0n) is 13.1. The summed E-state index contributed by atoms with van der Waals surface area (Å²) in [5.74, 6) is 0.245. The maximum absolute atomic E-state index is 9.68. The van der Waals surface area contributed by atoms with Crippen LogP contribution in [0.25, 0.3) is 0 Å². The van der Waals surface area contributed by atoms with Crippen LogP contribution in [0.2, 0.25) is 0 Å². The number of allylic oxidation sites excluding steroid dienone is 1. The molecule has 1 unspecified atom stereocenters. The zero-order chi connectivity index (χ0) is 14.4. The Morgan fingerprint density at radius 3 is 1.39 bits per heavy atom. The van der Waals surface area contributed by atoms with Crippen molar-refractivity contribution in [3.05, 3.63) is 11.8 Å². The molecule has 0 aliphatic carbocycles. The quantitative estimate of drug-likeness (QED) is 0.514. The van der Waals surface area contributed by atoms with Gasteiger partial charge in [-0.1, -0.05) is 41.5 Å². The van der Waals surface area contributed by atoms with Crippen molar-refractivity contribution in [1.82, 2.24) is 0 Å². The van der Waals surface area contributed by atoms with Gasteiger partial charge in [0.2, 0.25) is 0 Å². The number of aliphatic hydroxyl groups is 3. The van der Waals surface area contributed by atoms with E-state index in [1.165, 1.54) is 6.08 Å². The molecule has 18 heavy (non-hydrogen) atoms. The third-order valence-corrected chi connectivity index (χ3v) is 1.97. The third kappa shape index (κ3) is 14.2. The summed E-state index contributed by atoms with van der Waals surface area (Å²) in [5, 5.41) is 27.4. The first-order valence-electron chi connectivity index (χ1n) is 6.06. The van der Waals surface area contributed by atoms with Crippen molar-refractivity contribution in [2.75, 3.05) is 0 Å². The van der Waals surface area contributed by atoms with Gasteiger partial charge in [0.15, 0.2) is 0 Å². The van der Waals surface area contributed by atoms with Crippen LogP contribution >= 0.6 is 0 Å². The minimum Gasteiger partial charge on any atom is -0.512 e. The normalized spacial score (nSPS) is 14.5. The number of aliphatic hydroxyl groups excluding tert-OH is 3. The van der Waals surface area contributed by atoms with Gasteiger partial charge in [-0.15, -0.1) is 0 Å². The fraction of sp³-hybridized carbons (Fsp3) is 0.857. The van der Waals surface area contributed by atoms with E-state index < -0.39 is 6.10 Å². The molecule has 0 saturated carbocycles. The van der Waals surface area contributed by atoms with Crippen molar-refractivity contribution < 1.29 is 37.0 Å². The molecular formula is C14H30O3Ti. The fourth-order valence-corrected chi connectivity index (χ4v) is 0.650. The van der Waals surface area contributed by atoms with E-state index in [1.807, 2.05) is 41.5 Å². The Morgan fingerprint density at radius 1 is 0.944 bits per heavy atom. The summed E-state index contributed by atoms with van der Waals surface area (Å²) in [5.41, 5.74) is -0.508. The maximum Gasteiger partial charge on any atom is 0.0961 e. The maximum atomic E-state index is 9.68. The Hall–Kier alpha value is 0.174. The Morgan fingerprint density at radius 2 is 1.22 bits per heavy atom. The van der Waals surface area contributed by atoms with E-state index in [9.17, 15) is 10.2 Å². The molecule has 0 aliphatic rings. The van der Waals surface area contributed by atoms with Gasteiger partial charge in [0.25, 0.3) is 0 Å². The Balaban J connectivity index is -0.000000392. The van der Waals surface area contributed by atoms with Crippen LogP contribution in [0.4, 0.5) is 0 Å². The summed E-state index contributed by atoms with van der Waals surface area (Å²) in [6.07, 6.45) is 0.756. The van der Waals surface area contributed by atoms with Crippen LogP contribution in [-0.2, 0) is 21.7 Å². The average Bonchev–Trinajstić information content (AvgIpc) is 1.98. The van der Waals surface area contributed by atoms with E-state index in [4.69, 9.17) is 5.11 Å². The summed E-state index contributed by atoms with van der Waals surface area (Å²) in [6, 6.07) is 0. The molecule has 0 rings (SSSR count). The van der Waals surface area contributed by atoms with Crippen molar-refractivity contribution in [3.63, 3.8) is 0 Å². The molecule has 3 nitrogen and oxygen atoms in total. The largest absolute Gasteiger partial charge is 0.512 e. The predicted molar refractivity (Wildman–Crippen MR) is 73.0 cm³/mol. The van der Waals surface area contributed by atoms with Crippen LogP contribution < -0.4 is 0 Å². The Labute approximate surface area is 127 Å². The molecule has 0 radical (unpaired) electrons. The van der Waals surface area contributed by atoms with Gasteiger partial charge in [-0.05, 0) is 25.3 Å². The SMILES string of the molecule is CC(C)(C)C(O)=CC(O)C(C)(C)C.CC(C)O.[Ti]. The van der Waals surface area contributed by atoms with Crippen LogP contribution in [0.5, 0.6) is 0 Å². The minimum atomic E-state index is -0.605. The fourth-order valence-electron chi connectivity index (χ4n) is 0.650. The second-order valence-electron chi connectivity index (χ2n) is 6.71. The van der Waals surface area contributed by atoms with Crippen molar-refractivity contribution in [1.29, 1.82) is 0 Å². The number of hydrogen-bond acceptors (Lipinski definition) is 3. The van der Waals surface area contributed by atoms with Gasteiger partial charge < -0.3 is 15.3 Å². The standard InChI is InChI=1S/C11H22O2.C3H8O.Ti/c1-10(2,3)8(12)7-9(13)11(4,5)6;1-3(2)4;/h7-8,12-13H,1-6H3;3-4H,1-2H3;. The van der Waals surface area contributed by atoms with Gasteiger partial charge in [0, 0.05) is 33.2 Å². The van der Waals surface area contributed by atoms with Crippen molar-refractivity contribution >= 4 is 0 Å². The summed E-state index contributed by atoms with van der Waals surface area (Å²) in [4.78, 5) is 0. The molecule has 0 saturated heterocycles. The first-order valence-corrected chi connectivity index (χ1v) is 6.06. The van der Waals surface area contributed by atoms with Crippen LogP contribution in [0.15, 0.2) is 11.8 Å². The van der Waals surface area contributed by atoms with Crippen LogP contribution in [0.1, 0.15) is 55.4 Å². The molecule has 0 aromatic carbocycles. The molecule has 0 fully saturated rings. The van der Waals surface area contributed by atoms with Gasteiger partial charge in [0.1, 0.15) is 0 Å². The molecule has 0 spiro atoms. The molecule has 4 heteroatoms. The van der Waals surface area contributed by atoms with Crippen LogP contribution in [0.3, 0.4) is 0 Å². The van der Waals surface area contributed by atoms with Gasteiger partial charge in [-0.25, -0.2) is 0 Å². The van der Waals surface area contributed by atoms with Crippen molar-refractivity contribution in [3.8, 4) is 0 Å². The topological polar surface area (TPSA) is 60.7 Å². The first-order chi connectivity index (χ1) is 7.28. The van der Waals surface area contributed by atoms with Gasteiger partial charge in [-0.2, -0.15) is 0 Å². The molecule has 0 amide bonds. The second-order valence-corrected chi connectivity index (χ2v) is 6.71. The molecular weight excluding hydrogens is 264 g/mol. The van der Waals surface area contributed by atoms with E-state index in [1.54, 1.807) is 13.8 Å². The van der Waals surface area contributed by atoms with E-state index in [-0.39, 0.29) is 44.4 Å². The zero-order valence-corrected chi connectivity index (χ0v) is 14.6. The summed E-state index contributed by atoms with van der Waals surface area (Å²) in [6.45, 7) is 15.0. The smallest absolute Gasteiger partial charge is 0.0961 e. The Bertz CT molecular complexity index is 232. The van der Waals surface area contributed by atoms with Crippen molar-refractivity contribution in [2.24, 2.45) is 10.8 Å². The van der Waals surface area contributed by atoms with Gasteiger partial charge in [-0.3, -0.25) is 0 Å². The molecule has 1 atom stereocenters. The van der Waals surface area contributed by atoms with E-state index in [0.717, 1.165) is 0 Å². The van der Waals surface area contributed by atoms with Crippen LogP contribution in [0, 0.1) is 10.8 Å². The second kappa shape index (κ2) is 9.14. The van der Waals surface area contributed by atoms with Crippen LogP contribution in [-0.4, -0.2) is 27.5 Å². The summed E-state index contributed by atoms with van der Waals surface area (Å²) in [7, 11) is 0. The minimum absolute atomic E-state index is 0. The summed E-state index contributed by atoms with van der Waals surface area (Å²) < 4.78 is 0. The molecule has 0 aromatic heterocycles. The Kier molecular flexibility index (Phi) is 11.8. The van der Waals surface area contributed by atoms with E-state index >= 15 is 0 Å². The summed E-state index contributed by atoms with van der Waals surface area (Å²) >= 11 is 0. The third-order valence-electron chi connectivity index (χ3n) is 1.97. The van der Waals surface area contributed by atoms with E-state index in [2.05, 4.69) is 0 Å². The molecule has 0 heterocycles. The monoisotopic (exact) mass is 294 g/mol. The number of hydrogen-bond donors (Lipinski definition) is 3. The first kappa shape index (κ1) is 23.3. The molecule has 0 aliphatic heterocycles. The molecule has 0 aromatic rings. The van der Waals surface area contributed by atoms with E-state index in [0.29, 0.717) is 0 Å². The van der Waals surface area contributed by atoms with Crippen molar-refractivity contribution in [2.45, 2.75) is 67.6 Å². The molecule has 0 bridgehead atoms.